The molecule has 1 rings (SSSR count). The van der Waals surface area contributed by atoms with Crippen molar-refractivity contribution < 1.29 is 4.79 Å². The quantitative estimate of drug-likeness (QED) is 0.857. The van der Waals surface area contributed by atoms with Crippen LogP contribution in [0.5, 0.6) is 0 Å². The number of rotatable bonds is 4. The second-order valence-electron chi connectivity index (χ2n) is 6.02. The summed E-state index contributed by atoms with van der Waals surface area (Å²) >= 11 is 0. The molecule has 1 unspecified atom stereocenters. The third-order valence-corrected chi connectivity index (χ3v) is 2.80. The summed E-state index contributed by atoms with van der Waals surface area (Å²) in [5.41, 5.74) is 7.86. The topological polar surface area (TPSA) is 55.1 Å². The van der Waals surface area contributed by atoms with Gasteiger partial charge in [-0.2, -0.15) is 0 Å². The molecule has 3 N–H and O–H groups in total. The summed E-state index contributed by atoms with van der Waals surface area (Å²) < 4.78 is 0. The molecule has 100 valence electrons. The SMILES string of the molecule is CC(N)c1cccc(NC(=O)CCC(C)(C)C)c1. The van der Waals surface area contributed by atoms with E-state index in [-0.39, 0.29) is 17.4 Å². The first-order valence-corrected chi connectivity index (χ1v) is 6.43. The standard InChI is InChI=1S/C15H24N2O/c1-11(16)12-6-5-7-13(10-12)17-14(18)8-9-15(2,3)4/h5-7,10-11H,8-9,16H2,1-4H3,(H,17,18). The lowest BCUT2D eigenvalue weighted by Gasteiger charge is -2.17. The number of hydrogen-bond donors (Lipinski definition) is 2. The molecule has 3 heteroatoms. The van der Waals surface area contributed by atoms with Gasteiger partial charge in [-0.05, 0) is 36.5 Å². The molecule has 0 fully saturated rings. The summed E-state index contributed by atoms with van der Waals surface area (Å²) in [6.07, 6.45) is 1.43. The zero-order valence-electron chi connectivity index (χ0n) is 11.8. The summed E-state index contributed by atoms with van der Waals surface area (Å²) in [4.78, 5) is 11.8. The van der Waals surface area contributed by atoms with Crippen LogP contribution in [-0.4, -0.2) is 5.91 Å². The van der Waals surface area contributed by atoms with E-state index in [2.05, 4.69) is 26.1 Å². The molecule has 0 aromatic heterocycles. The average Bonchev–Trinajstić information content (AvgIpc) is 2.26. The summed E-state index contributed by atoms with van der Waals surface area (Å²) in [5.74, 6) is 0.0618. The number of hydrogen-bond acceptors (Lipinski definition) is 2. The maximum atomic E-state index is 11.8. The maximum Gasteiger partial charge on any atom is 0.224 e. The summed E-state index contributed by atoms with van der Waals surface area (Å²) in [6.45, 7) is 8.34. The van der Waals surface area contributed by atoms with Crippen LogP contribution in [0.4, 0.5) is 5.69 Å². The Hall–Kier alpha value is -1.35. The third kappa shape index (κ3) is 5.32. The Bertz CT molecular complexity index is 405. The number of carbonyl (C=O) groups excluding carboxylic acids is 1. The highest BCUT2D eigenvalue weighted by atomic mass is 16.1. The maximum absolute atomic E-state index is 11.8. The fourth-order valence-corrected chi connectivity index (χ4v) is 1.61. The van der Waals surface area contributed by atoms with Gasteiger partial charge in [-0.3, -0.25) is 4.79 Å². The average molecular weight is 248 g/mol. The van der Waals surface area contributed by atoms with Crippen molar-refractivity contribution in [2.75, 3.05) is 5.32 Å². The number of nitrogens with two attached hydrogens (primary N) is 1. The van der Waals surface area contributed by atoms with Gasteiger partial charge in [-0.15, -0.1) is 0 Å². The minimum atomic E-state index is -0.0172. The molecular formula is C15H24N2O. The zero-order chi connectivity index (χ0) is 13.8. The van der Waals surface area contributed by atoms with Gasteiger partial charge in [0.15, 0.2) is 0 Å². The van der Waals surface area contributed by atoms with Crippen LogP contribution >= 0.6 is 0 Å². The minimum Gasteiger partial charge on any atom is -0.326 e. The van der Waals surface area contributed by atoms with Crippen molar-refractivity contribution in [2.24, 2.45) is 11.1 Å². The first-order valence-electron chi connectivity index (χ1n) is 6.43. The van der Waals surface area contributed by atoms with Crippen molar-refractivity contribution >= 4 is 11.6 Å². The van der Waals surface area contributed by atoms with E-state index >= 15 is 0 Å². The Labute approximate surface area is 110 Å². The van der Waals surface area contributed by atoms with Gasteiger partial charge in [0.05, 0.1) is 0 Å². The van der Waals surface area contributed by atoms with Crippen LogP contribution < -0.4 is 11.1 Å². The van der Waals surface area contributed by atoms with E-state index in [9.17, 15) is 4.79 Å². The van der Waals surface area contributed by atoms with Crippen LogP contribution in [0.2, 0.25) is 0 Å². The Kier molecular flexibility index (Phi) is 4.91. The highest BCUT2D eigenvalue weighted by Gasteiger charge is 2.13. The Morgan fingerprint density at radius 3 is 2.61 bits per heavy atom. The van der Waals surface area contributed by atoms with Crippen LogP contribution in [-0.2, 0) is 4.79 Å². The lowest BCUT2D eigenvalue weighted by atomic mass is 9.90. The highest BCUT2D eigenvalue weighted by Crippen LogP contribution is 2.21. The molecule has 1 atom stereocenters. The number of carbonyl (C=O) groups is 1. The molecular weight excluding hydrogens is 224 g/mol. The third-order valence-electron chi connectivity index (χ3n) is 2.80. The van der Waals surface area contributed by atoms with Gasteiger partial charge < -0.3 is 11.1 Å². The van der Waals surface area contributed by atoms with Crippen LogP contribution in [0, 0.1) is 5.41 Å². The molecule has 3 nitrogen and oxygen atoms in total. The number of benzene rings is 1. The summed E-state index contributed by atoms with van der Waals surface area (Å²) in [7, 11) is 0. The molecule has 18 heavy (non-hydrogen) atoms. The van der Waals surface area contributed by atoms with Crippen LogP contribution in [0.25, 0.3) is 0 Å². The fraction of sp³-hybridized carbons (Fsp3) is 0.533. The predicted molar refractivity (Wildman–Crippen MR) is 76.4 cm³/mol. The van der Waals surface area contributed by atoms with Crippen molar-refractivity contribution in [3.63, 3.8) is 0 Å². The zero-order valence-corrected chi connectivity index (χ0v) is 11.8. The monoisotopic (exact) mass is 248 g/mol. The Morgan fingerprint density at radius 2 is 2.06 bits per heavy atom. The summed E-state index contributed by atoms with van der Waals surface area (Å²) in [5, 5.41) is 2.92. The van der Waals surface area contributed by atoms with Gasteiger partial charge in [-0.25, -0.2) is 0 Å². The van der Waals surface area contributed by atoms with E-state index in [1.54, 1.807) is 0 Å². The van der Waals surface area contributed by atoms with Crippen molar-refractivity contribution in [1.82, 2.24) is 0 Å². The van der Waals surface area contributed by atoms with Crippen LogP contribution in [0.1, 0.15) is 52.1 Å². The van der Waals surface area contributed by atoms with Crippen LogP contribution in [0.15, 0.2) is 24.3 Å². The molecule has 0 aliphatic carbocycles. The Balaban J connectivity index is 2.57. The number of amides is 1. The fourth-order valence-electron chi connectivity index (χ4n) is 1.61. The van der Waals surface area contributed by atoms with Crippen LogP contribution in [0.3, 0.4) is 0 Å². The van der Waals surface area contributed by atoms with Crippen molar-refractivity contribution in [2.45, 2.75) is 46.6 Å². The molecule has 0 heterocycles. The molecule has 0 radical (unpaired) electrons. The van der Waals surface area contributed by atoms with Gasteiger partial charge in [0.25, 0.3) is 0 Å². The van der Waals surface area contributed by atoms with Gasteiger partial charge in [-0.1, -0.05) is 32.9 Å². The lowest BCUT2D eigenvalue weighted by molar-refractivity contribution is -0.116. The van der Waals surface area contributed by atoms with Crippen molar-refractivity contribution in [3.05, 3.63) is 29.8 Å². The van der Waals surface area contributed by atoms with E-state index in [1.807, 2.05) is 31.2 Å². The molecule has 0 spiro atoms. The molecule has 1 amide bonds. The van der Waals surface area contributed by atoms with E-state index in [0.717, 1.165) is 17.7 Å². The second-order valence-corrected chi connectivity index (χ2v) is 6.02. The first-order chi connectivity index (χ1) is 8.28. The first kappa shape index (κ1) is 14.7. The summed E-state index contributed by atoms with van der Waals surface area (Å²) in [6, 6.07) is 7.69. The molecule has 0 aliphatic rings. The largest absolute Gasteiger partial charge is 0.326 e. The van der Waals surface area contributed by atoms with Gasteiger partial charge in [0.1, 0.15) is 0 Å². The normalized spacial score (nSPS) is 13.2. The van der Waals surface area contributed by atoms with Gasteiger partial charge in [0, 0.05) is 18.2 Å². The number of anilines is 1. The van der Waals surface area contributed by atoms with Crippen molar-refractivity contribution in [1.29, 1.82) is 0 Å². The molecule has 0 saturated heterocycles. The molecule has 0 bridgehead atoms. The predicted octanol–water partition coefficient (Wildman–Crippen LogP) is 3.47. The molecule has 0 saturated carbocycles. The Morgan fingerprint density at radius 1 is 1.39 bits per heavy atom. The smallest absolute Gasteiger partial charge is 0.224 e. The highest BCUT2D eigenvalue weighted by molar-refractivity contribution is 5.90. The van der Waals surface area contributed by atoms with E-state index in [4.69, 9.17) is 5.73 Å². The molecule has 0 aliphatic heterocycles. The minimum absolute atomic E-state index is 0.0172. The molecule has 1 aromatic rings. The van der Waals surface area contributed by atoms with E-state index < -0.39 is 0 Å². The second kappa shape index (κ2) is 6.01. The van der Waals surface area contributed by atoms with Crippen molar-refractivity contribution in [3.8, 4) is 0 Å². The molecule has 1 aromatic carbocycles. The van der Waals surface area contributed by atoms with E-state index in [1.165, 1.54) is 0 Å². The lowest BCUT2D eigenvalue weighted by Crippen LogP contribution is -2.16. The van der Waals surface area contributed by atoms with Gasteiger partial charge >= 0.3 is 0 Å². The van der Waals surface area contributed by atoms with E-state index in [0.29, 0.717) is 6.42 Å². The van der Waals surface area contributed by atoms with Gasteiger partial charge in [0.2, 0.25) is 5.91 Å². The number of nitrogens with one attached hydrogen (secondary N) is 1.